The third-order valence-corrected chi connectivity index (χ3v) is 7.28. The molecule has 0 spiro atoms. The summed E-state index contributed by atoms with van der Waals surface area (Å²) in [6, 6.07) is 9.01. The van der Waals surface area contributed by atoms with Crippen LogP contribution in [0.25, 0.3) is 0 Å². The molecule has 27 heavy (non-hydrogen) atoms. The van der Waals surface area contributed by atoms with Gasteiger partial charge in [-0.2, -0.15) is 17.0 Å². The van der Waals surface area contributed by atoms with Crippen LogP contribution < -0.4 is 10.6 Å². The lowest BCUT2D eigenvalue weighted by molar-refractivity contribution is 0.199. The van der Waals surface area contributed by atoms with Gasteiger partial charge in [0.2, 0.25) is 0 Å². The first-order chi connectivity index (χ1) is 12.8. The minimum absolute atomic E-state index is 0.0145. The molecule has 2 aliphatic heterocycles. The number of urea groups is 1. The molecule has 1 aromatic rings. The van der Waals surface area contributed by atoms with E-state index >= 15 is 0 Å². The molecule has 2 fully saturated rings. The zero-order chi connectivity index (χ0) is 19.4. The molecule has 3 rings (SSSR count). The molecule has 0 radical (unpaired) electrons. The van der Waals surface area contributed by atoms with E-state index in [1.165, 1.54) is 0 Å². The molecule has 2 N–H and O–H groups in total. The normalized spacial score (nSPS) is 25.9. The van der Waals surface area contributed by atoms with Crippen LogP contribution in [0.2, 0.25) is 0 Å². The Labute approximate surface area is 162 Å². The number of amides is 2. The van der Waals surface area contributed by atoms with Crippen molar-refractivity contribution < 1.29 is 13.2 Å². The SMILES string of the molecule is C[C@@H]1C[C@H](C)CN(S(=O)(=O)N2CCC(NC(=O)Nc3ccccc3)CC2)C1. The van der Waals surface area contributed by atoms with Crippen molar-refractivity contribution in [3.63, 3.8) is 0 Å². The van der Waals surface area contributed by atoms with Gasteiger partial charge in [-0.25, -0.2) is 4.79 Å². The summed E-state index contributed by atoms with van der Waals surface area (Å²) in [5.74, 6) is 0.786. The molecular weight excluding hydrogens is 364 g/mol. The van der Waals surface area contributed by atoms with Crippen LogP contribution in [0.1, 0.15) is 33.1 Å². The average Bonchev–Trinajstić information content (AvgIpc) is 2.62. The molecular formula is C19H30N4O3S. The van der Waals surface area contributed by atoms with E-state index in [9.17, 15) is 13.2 Å². The molecule has 0 bridgehead atoms. The van der Waals surface area contributed by atoms with Crippen LogP contribution >= 0.6 is 0 Å². The van der Waals surface area contributed by atoms with Crippen molar-refractivity contribution >= 4 is 21.9 Å². The van der Waals surface area contributed by atoms with Crippen LogP contribution in [-0.4, -0.2) is 55.3 Å². The van der Waals surface area contributed by atoms with Crippen LogP contribution in [0.4, 0.5) is 10.5 Å². The maximum absolute atomic E-state index is 13.0. The largest absolute Gasteiger partial charge is 0.335 e. The zero-order valence-electron chi connectivity index (χ0n) is 16.1. The van der Waals surface area contributed by atoms with Crippen molar-refractivity contribution in [3.8, 4) is 0 Å². The van der Waals surface area contributed by atoms with E-state index in [1.807, 2.05) is 30.3 Å². The summed E-state index contributed by atoms with van der Waals surface area (Å²) in [6.45, 7) is 6.31. The molecule has 2 saturated heterocycles. The summed E-state index contributed by atoms with van der Waals surface area (Å²) in [4.78, 5) is 12.1. The van der Waals surface area contributed by atoms with Crippen molar-refractivity contribution in [3.05, 3.63) is 30.3 Å². The average molecular weight is 395 g/mol. The predicted octanol–water partition coefficient (Wildman–Crippen LogP) is 2.50. The van der Waals surface area contributed by atoms with Gasteiger partial charge in [0, 0.05) is 37.9 Å². The number of anilines is 1. The van der Waals surface area contributed by atoms with Gasteiger partial charge in [0.15, 0.2) is 0 Å². The Kier molecular flexibility index (Phi) is 6.39. The van der Waals surface area contributed by atoms with Gasteiger partial charge < -0.3 is 10.6 Å². The summed E-state index contributed by atoms with van der Waals surface area (Å²) in [5.41, 5.74) is 0.739. The highest BCUT2D eigenvalue weighted by Gasteiger charge is 2.36. The molecule has 0 aliphatic carbocycles. The minimum atomic E-state index is -3.41. The molecule has 0 unspecified atom stereocenters. The molecule has 0 aromatic heterocycles. The Hall–Kier alpha value is -1.64. The highest BCUT2D eigenvalue weighted by atomic mass is 32.2. The lowest BCUT2D eigenvalue weighted by atomic mass is 9.94. The molecule has 2 aliphatic rings. The second-order valence-electron chi connectivity index (χ2n) is 7.91. The molecule has 1 aromatic carbocycles. The number of piperidine rings is 2. The summed E-state index contributed by atoms with van der Waals surface area (Å²) in [6.07, 6.45) is 2.33. The first-order valence-electron chi connectivity index (χ1n) is 9.72. The Morgan fingerprint density at radius 3 is 2.19 bits per heavy atom. The van der Waals surface area contributed by atoms with E-state index in [2.05, 4.69) is 24.5 Å². The van der Waals surface area contributed by atoms with E-state index in [0.29, 0.717) is 50.9 Å². The quantitative estimate of drug-likeness (QED) is 0.823. The van der Waals surface area contributed by atoms with E-state index in [4.69, 9.17) is 0 Å². The summed E-state index contributed by atoms with van der Waals surface area (Å²) in [7, 11) is -3.41. The number of benzene rings is 1. The Morgan fingerprint density at radius 1 is 1.00 bits per heavy atom. The maximum Gasteiger partial charge on any atom is 0.319 e. The second kappa shape index (κ2) is 8.58. The number of hydrogen-bond donors (Lipinski definition) is 2. The summed E-state index contributed by atoms with van der Waals surface area (Å²) in [5, 5.41) is 5.75. The number of carbonyl (C=O) groups excluding carboxylic acids is 1. The standard InChI is InChI=1S/C19H30N4O3S/c1-15-12-16(2)14-23(13-15)27(25,26)22-10-8-18(9-11-22)21-19(24)20-17-6-4-3-5-7-17/h3-7,15-16,18H,8-14H2,1-2H3,(H2,20,21,24)/t15-,16+. The van der Waals surface area contributed by atoms with Crippen molar-refractivity contribution in [1.29, 1.82) is 0 Å². The van der Waals surface area contributed by atoms with Gasteiger partial charge in [-0.1, -0.05) is 32.0 Å². The van der Waals surface area contributed by atoms with Gasteiger partial charge in [0.25, 0.3) is 10.2 Å². The highest BCUT2D eigenvalue weighted by molar-refractivity contribution is 7.86. The van der Waals surface area contributed by atoms with Crippen molar-refractivity contribution in [2.75, 3.05) is 31.5 Å². The lowest BCUT2D eigenvalue weighted by Crippen LogP contribution is -2.53. The number of nitrogens with zero attached hydrogens (tertiary/aromatic N) is 2. The van der Waals surface area contributed by atoms with E-state index in [1.54, 1.807) is 8.61 Å². The predicted molar refractivity (Wildman–Crippen MR) is 107 cm³/mol. The van der Waals surface area contributed by atoms with E-state index in [0.717, 1.165) is 12.1 Å². The van der Waals surface area contributed by atoms with Crippen LogP contribution in [-0.2, 0) is 10.2 Å². The van der Waals surface area contributed by atoms with E-state index in [-0.39, 0.29) is 12.1 Å². The number of rotatable bonds is 4. The lowest BCUT2D eigenvalue weighted by Gasteiger charge is -2.39. The summed E-state index contributed by atoms with van der Waals surface area (Å²) < 4.78 is 29.1. The van der Waals surface area contributed by atoms with Gasteiger partial charge in [0.05, 0.1) is 0 Å². The Morgan fingerprint density at radius 2 is 1.59 bits per heavy atom. The van der Waals surface area contributed by atoms with Gasteiger partial charge in [-0.3, -0.25) is 0 Å². The first-order valence-corrected chi connectivity index (χ1v) is 11.1. The number of carbonyl (C=O) groups is 1. The topological polar surface area (TPSA) is 81.8 Å². The van der Waals surface area contributed by atoms with Crippen LogP contribution in [0.15, 0.2) is 30.3 Å². The smallest absolute Gasteiger partial charge is 0.319 e. The highest BCUT2D eigenvalue weighted by Crippen LogP contribution is 2.26. The zero-order valence-corrected chi connectivity index (χ0v) is 16.9. The van der Waals surface area contributed by atoms with E-state index < -0.39 is 10.2 Å². The first kappa shape index (κ1) is 20.1. The van der Waals surface area contributed by atoms with Gasteiger partial charge in [-0.05, 0) is 43.2 Å². The second-order valence-corrected chi connectivity index (χ2v) is 9.84. The van der Waals surface area contributed by atoms with Gasteiger partial charge in [0.1, 0.15) is 0 Å². The monoisotopic (exact) mass is 394 g/mol. The molecule has 7 nitrogen and oxygen atoms in total. The molecule has 150 valence electrons. The Bertz CT molecular complexity index is 723. The molecule has 2 amide bonds. The van der Waals surface area contributed by atoms with Crippen LogP contribution in [0.3, 0.4) is 0 Å². The van der Waals surface area contributed by atoms with Crippen molar-refractivity contribution in [1.82, 2.24) is 13.9 Å². The third kappa shape index (κ3) is 5.21. The minimum Gasteiger partial charge on any atom is -0.335 e. The maximum atomic E-state index is 13.0. The molecule has 2 heterocycles. The molecule has 0 saturated carbocycles. The van der Waals surface area contributed by atoms with Gasteiger partial charge in [-0.15, -0.1) is 0 Å². The fourth-order valence-corrected chi connectivity index (χ4v) is 5.95. The van der Waals surface area contributed by atoms with Gasteiger partial charge >= 0.3 is 6.03 Å². The fourth-order valence-electron chi connectivity index (χ4n) is 4.06. The number of para-hydroxylation sites is 1. The van der Waals surface area contributed by atoms with Crippen LogP contribution in [0, 0.1) is 11.8 Å². The number of hydrogen-bond acceptors (Lipinski definition) is 3. The molecule has 2 atom stereocenters. The fraction of sp³-hybridized carbons (Fsp3) is 0.632. The molecule has 8 heteroatoms. The third-order valence-electron chi connectivity index (χ3n) is 5.31. The summed E-state index contributed by atoms with van der Waals surface area (Å²) >= 11 is 0. The van der Waals surface area contributed by atoms with Crippen molar-refractivity contribution in [2.24, 2.45) is 11.8 Å². The number of nitrogens with one attached hydrogen (secondary N) is 2. The van der Waals surface area contributed by atoms with Crippen LogP contribution in [0.5, 0.6) is 0 Å². The van der Waals surface area contributed by atoms with Crippen molar-refractivity contribution in [2.45, 2.75) is 39.2 Å². The Balaban J connectivity index is 1.50.